The third kappa shape index (κ3) is 4.46. The number of anilines is 1. The molecule has 25 heavy (non-hydrogen) atoms. The molecule has 0 atom stereocenters. The summed E-state index contributed by atoms with van der Waals surface area (Å²) < 4.78 is 39.1. The van der Waals surface area contributed by atoms with Crippen molar-refractivity contribution in [1.82, 2.24) is 15.3 Å². The fraction of sp³-hybridized carbons (Fsp3) is 0.353. The predicted octanol–water partition coefficient (Wildman–Crippen LogP) is 4.00. The minimum Gasteiger partial charge on any atom is -0.334 e. The van der Waals surface area contributed by atoms with Crippen LogP contribution in [0.3, 0.4) is 0 Å². The molecule has 0 radical (unpaired) electrons. The van der Waals surface area contributed by atoms with Crippen LogP contribution in [0.2, 0.25) is 0 Å². The Morgan fingerprint density at radius 3 is 2.72 bits per heavy atom. The van der Waals surface area contributed by atoms with Crippen molar-refractivity contribution in [3.05, 3.63) is 53.0 Å². The van der Waals surface area contributed by atoms with Crippen LogP contribution >= 0.6 is 0 Å². The monoisotopic (exact) mass is 350 g/mol. The van der Waals surface area contributed by atoms with Gasteiger partial charge in [-0.1, -0.05) is 6.07 Å². The van der Waals surface area contributed by atoms with E-state index < -0.39 is 17.8 Å². The molecule has 0 spiro atoms. The summed E-state index contributed by atoms with van der Waals surface area (Å²) in [7, 11) is 0. The van der Waals surface area contributed by atoms with Gasteiger partial charge in [-0.05, 0) is 43.5 Å². The van der Waals surface area contributed by atoms with Crippen molar-refractivity contribution in [2.45, 2.75) is 38.4 Å². The quantitative estimate of drug-likeness (QED) is 0.876. The number of urea groups is 1. The van der Waals surface area contributed by atoms with E-state index >= 15 is 0 Å². The maximum Gasteiger partial charge on any atom is 0.416 e. The van der Waals surface area contributed by atoms with Crippen molar-refractivity contribution >= 4 is 11.8 Å². The van der Waals surface area contributed by atoms with Gasteiger partial charge in [-0.2, -0.15) is 13.2 Å². The molecule has 3 rings (SSSR count). The molecule has 2 N–H and O–H groups in total. The first-order chi connectivity index (χ1) is 11.8. The van der Waals surface area contributed by atoms with E-state index in [-0.39, 0.29) is 18.3 Å². The highest BCUT2D eigenvalue weighted by atomic mass is 19.4. The number of hydrogen-bond acceptors (Lipinski definition) is 3. The average Bonchev–Trinajstić information content (AvgIpc) is 3.38. The number of carbonyl (C=O) groups excluding carboxylic acids is 1. The van der Waals surface area contributed by atoms with Crippen LogP contribution in [-0.2, 0) is 12.7 Å². The largest absolute Gasteiger partial charge is 0.416 e. The Kier molecular flexibility index (Phi) is 4.61. The molecule has 1 aliphatic rings. The van der Waals surface area contributed by atoms with Gasteiger partial charge in [0, 0.05) is 30.0 Å². The molecule has 0 aromatic carbocycles. The molecule has 8 heteroatoms. The van der Waals surface area contributed by atoms with Gasteiger partial charge in [0.05, 0.1) is 5.56 Å². The van der Waals surface area contributed by atoms with Gasteiger partial charge in [-0.25, -0.2) is 9.78 Å². The number of pyridine rings is 2. The lowest BCUT2D eigenvalue weighted by molar-refractivity contribution is -0.137. The Balaban J connectivity index is 1.70. The van der Waals surface area contributed by atoms with Crippen molar-refractivity contribution in [1.29, 1.82) is 0 Å². The minimum absolute atomic E-state index is 0.0453. The van der Waals surface area contributed by atoms with E-state index in [2.05, 4.69) is 20.6 Å². The summed E-state index contributed by atoms with van der Waals surface area (Å²) in [5.74, 6) is -0.0545. The molecule has 2 amide bonds. The number of nitrogens with zero attached hydrogens (tertiary/aromatic N) is 2. The predicted molar refractivity (Wildman–Crippen MR) is 86.0 cm³/mol. The number of nitrogens with one attached hydrogen (secondary N) is 2. The van der Waals surface area contributed by atoms with Crippen LogP contribution < -0.4 is 10.6 Å². The second-order valence-corrected chi connectivity index (χ2v) is 5.99. The van der Waals surface area contributed by atoms with Gasteiger partial charge >= 0.3 is 12.2 Å². The van der Waals surface area contributed by atoms with Crippen LogP contribution in [0.1, 0.15) is 41.3 Å². The summed E-state index contributed by atoms with van der Waals surface area (Å²) in [6.45, 7) is 2.03. The number of rotatable bonds is 4. The fourth-order valence-electron chi connectivity index (χ4n) is 2.41. The van der Waals surface area contributed by atoms with Crippen molar-refractivity contribution < 1.29 is 18.0 Å². The molecular formula is C17H17F3N4O. The van der Waals surface area contributed by atoms with Crippen molar-refractivity contribution in [3.63, 3.8) is 0 Å². The molecular weight excluding hydrogens is 333 g/mol. The van der Waals surface area contributed by atoms with Crippen LogP contribution in [0, 0.1) is 6.92 Å². The van der Waals surface area contributed by atoms with E-state index in [9.17, 15) is 18.0 Å². The SMILES string of the molecule is Cc1ncccc1CNC(=O)Nc1cc(C(F)(F)F)cc(C2CC2)n1. The number of halogens is 3. The molecule has 132 valence electrons. The lowest BCUT2D eigenvalue weighted by Gasteiger charge is -2.13. The van der Waals surface area contributed by atoms with Gasteiger partial charge in [-0.15, -0.1) is 0 Å². The Morgan fingerprint density at radius 2 is 2.08 bits per heavy atom. The highest BCUT2D eigenvalue weighted by molar-refractivity contribution is 5.88. The van der Waals surface area contributed by atoms with Gasteiger partial charge < -0.3 is 5.32 Å². The van der Waals surface area contributed by atoms with E-state index in [1.54, 1.807) is 12.3 Å². The molecule has 2 aromatic heterocycles. The van der Waals surface area contributed by atoms with E-state index in [4.69, 9.17) is 0 Å². The van der Waals surface area contributed by atoms with Crippen molar-refractivity contribution in [2.24, 2.45) is 0 Å². The van der Waals surface area contributed by atoms with E-state index in [1.807, 2.05) is 13.0 Å². The standard InChI is InChI=1S/C17H17F3N4O/c1-10-12(3-2-6-21-10)9-22-16(25)24-15-8-13(17(18,19)20)7-14(23-15)11-4-5-11/h2-3,6-8,11H,4-5,9H2,1H3,(H2,22,23,24,25). The number of hydrogen-bond donors (Lipinski definition) is 2. The zero-order chi connectivity index (χ0) is 18.0. The third-order valence-electron chi connectivity index (χ3n) is 3.97. The van der Waals surface area contributed by atoms with Crippen molar-refractivity contribution in [2.75, 3.05) is 5.32 Å². The first-order valence-electron chi connectivity index (χ1n) is 7.87. The molecule has 1 saturated carbocycles. The lowest BCUT2D eigenvalue weighted by atomic mass is 10.1. The lowest BCUT2D eigenvalue weighted by Crippen LogP contribution is -2.29. The first-order valence-corrected chi connectivity index (χ1v) is 7.87. The Bertz CT molecular complexity index is 788. The molecule has 0 bridgehead atoms. The van der Waals surface area contributed by atoms with Crippen molar-refractivity contribution in [3.8, 4) is 0 Å². The fourth-order valence-corrected chi connectivity index (χ4v) is 2.41. The number of amides is 2. The summed E-state index contributed by atoms with van der Waals surface area (Å²) in [5.41, 5.74) is 1.17. The molecule has 1 fully saturated rings. The minimum atomic E-state index is -4.48. The average molecular weight is 350 g/mol. The third-order valence-corrected chi connectivity index (χ3v) is 3.97. The van der Waals surface area contributed by atoms with E-state index in [1.165, 1.54) is 0 Å². The van der Waals surface area contributed by atoms with Crippen LogP contribution in [0.5, 0.6) is 0 Å². The van der Waals surface area contributed by atoms with Gasteiger partial charge in [0.1, 0.15) is 5.82 Å². The number of carbonyl (C=O) groups is 1. The number of aromatic nitrogens is 2. The normalized spacial score (nSPS) is 14.2. The summed E-state index contributed by atoms with van der Waals surface area (Å²) in [6, 6.07) is 4.85. The Labute approximate surface area is 142 Å². The maximum atomic E-state index is 13.0. The Hall–Kier alpha value is -2.64. The topological polar surface area (TPSA) is 66.9 Å². The molecule has 0 saturated heterocycles. The van der Waals surface area contributed by atoms with E-state index in [0.717, 1.165) is 36.2 Å². The van der Waals surface area contributed by atoms with Crippen LogP contribution in [0.4, 0.5) is 23.8 Å². The number of aryl methyl sites for hydroxylation is 1. The zero-order valence-electron chi connectivity index (χ0n) is 13.5. The van der Waals surface area contributed by atoms with Gasteiger partial charge in [0.2, 0.25) is 0 Å². The summed E-state index contributed by atoms with van der Waals surface area (Å²) in [6.07, 6.45) is -1.20. The second-order valence-electron chi connectivity index (χ2n) is 5.99. The van der Waals surface area contributed by atoms with E-state index in [0.29, 0.717) is 5.69 Å². The highest BCUT2D eigenvalue weighted by Gasteiger charge is 2.34. The van der Waals surface area contributed by atoms with Gasteiger partial charge in [0.25, 0.3) is 0 Å². The van der Waals surface area contributed by atoms with Gasteiger partial charge in [-0.3, -0.25) is 10.3 Å². The highest BCUT2D eigenvalue weighted by Crippen LogP contribution is 2.41. The second kappa shape index (κ2) is 6.70. The summed E-state index contributed by atoms with van der Waals surface area (Å²) in [4.78, 5) is 20.2. The molecule has 2 aromatic rings. The van der Waals surface area contributed by atoms with Crippen LogP contribution in [0.15, 0.2) is 30.5 Å². The smallest absolute Gasteiger partial charge is 0.334 e. The first kappa shape index (κ1) is 17.2. The molecule has 1 aliphatic carbocycles. The summed E-state index contributed by atoms with van der Waals surface area (Å²) >= 11 is 0. The maximum absolute atomic E-state index is 13.0. The zero-order valence-corrected chi connectivity index (χ0v) is 13.5. The van der Waals surface area contributed by atoms with Gasteiger partial charge in [0.15, 0.2) is 0 Å². The molecule has 0 aliphatic heterocycles. The van der Waals surface area contributed by atoms with Crippen LogP contribution in [-0.4, -0.2) is 16.0 Å². The summed E-state index contributed by atoms with van der Waals surface area (Å²) in [5, 5.41) is 4.99. The Morgan fingerprint density at radius 1 is 1.32 bits per heavy atom. The molecule has 5 nitrogen and oxygen atoms in total. The number of alkyl halides is 3. The van der Waals surface area contributed by atoms with Crippen LogP contribution in [0.25, 0.3) is 0 Å². The molecule has 0 unspecified atom stereocenters. The molecule has 2 heterocycles.